The molecule has 2 aliphatic heterocycles. The molecule has 2 amide bonds. The number of alkyl halides is 3. The van der Waals surface area contributed by atoms with E-state index in [1.54, 1.807) is 4.90 Å². The Morgan fingerprint density at radius 3 is 2.36 bits per heavy atom. The molecule has 0 bridgehead atoms. The molecule has 0 unspecified atom stereocenters. The molecular formula is C25H25F3N2O3. The minimum atomic E-state index is -4.97. The van der Waals surface area contributed by atoms with Crippen molar-refractivity contribution in [2.75, 3.05) is 13.2 Å². The van der Waals surface area contributed by atoms with Crippen LogP contribution in [0.4, 0.5) is 13.2 Å². The molecular weight excluding hydrogens is 433 g/mol. The van der Waals surface area contributed by atoms with Crippen LogP contribution in [0.2, 0.25) is 0 Å². The van der Waals surface area contributed by atoms with Gasteiger partial charge in [0.15, 0.2) is 0 Å². The summed E-state index contributed by atoms with van der Waals surface area (Å²) in [6.07, 6.45) is -3.18. The van der Waals surface area contributed by atoms with Crippen molar-refractivity contribution in [3.05, 3.63) is 60.2 Å². The predicted octanol–water partition coefficient (Wildman–Crippen LogP) is 3.72. The molecule has 0 radical (unpaired) electrons. The van der Waals surface area contributed by atoms with Gasteiger partial charge in [-0.25, -0.2) is 0 Å². The lowest BCUT2D eigenvalue weighted by Gasteiger charge is -2.34. The zero-order chi connectivity index (χ0) is 23.2. The number of hydrogen-bond acceptors (Lipinski definition) is 3. The molecule has 33 heavy (non-hydrogen) atoms. The van der Waals surface area contributed by atoms with Crippen molar-refractivity contribution in [2.24, 2.45) is 5.41 Å². The van der Waals surface area contributed by atoms with Crippen LogP contribution in [0.1, 0.15) is 24.8 Å². The lowest BCUT2D eigenvalue weighted by molar-refractivity contribution is -0.175. The molecule has 5 nitrogen and oxygen atoms in total. The van der Waals surface area contributed by atoms with E-state index < -0.39 is 35.7 Å². The van der Waals surface area contributed by atoms with Crippen LogP contribution >= 0.6 is 0 Å². The monoisotopic (exact) mass is 458 g/mol. The summed E-state index contributed by atoms with van der Waals surface area (Å²) in [6.45, 7) is 0.852. The number of halogens is 3. The van der Waals surface area contributed by atoms with Gasteiger partial charge in [0, 0.05) is 18.4 Å². The molecule has 2 aromatic carbocycles. The van der Waals surface area contributed by atoms with Crippen LogP contribution < -0.4 is 5.32 Å². The second-order valence-electron chi connectivity index (χ2n) is 9.26. The maximum absolute atomic E-state index is 13.1. The molecule has 2 saturated heterocycles. The molecule has 0 aromatic heterocycles. The minimum Gasteiger partial charge on any atom is -0.368 e. The van der Waals surface area contributed by atoms with Gasteiger partial charge in [0.25, 0.3) is 5.91 Å². The van der Waals surface area contributed by atoms with E-state index in [2.05, 4.69) is 5.32 Å². The largest absolute Gasteiger partial charge is 0.471 e. The molecule has 3 atom stereocenters. The highest BCUT2D eigenvalue weighted by atomic mass is 19.4. The molecule has 5 rings (SSSR count). The molecule has 1 N–H and O–H groups in total. The number of nitrogens with one attached hydrogen (secondary N) is 1. The number of hydrogen-bond donors (Lipinski definition) is 1. The smallest absolute Gasteiger partial charge is 0.368 e. The third kappa shape index (κ3) is 4.24. The Balaban J connectivity index is 1.45. The molecule has 174 valence electrons. The fourth-order valence-electron chi connectivity index (χ4n) is 5.08. The van der Waals surface area contributed by atoms with Gasteiger partial charge in [-0.1, -0.05) is 54.6 Å². The van der Waals surface area contributed by atoms with Crippen molar-refractivity contribution in [1.29, 1.82) is 0 Å². The third-order valence-electron chi connectivity index (χ3n) is 7.10. The van der Waals surface area contributed by atoms with Crippen LogP contribution in [0.15, 0.2) is 54.6 Å². The average molecular weight is 458 g/mol. The zero-order valence-corrected chi connectivity index (χ0v) is 18.0. The van der Waals surface area contributed by atoms with Gasteiger partial charge in [-0.3, -0.25) is 9.59 Å². The average Bonchev–Trinajstić information content (AvgIpc) is 3.47. The van der Waals surface area contributed by atoms with Gasteiger partial charge >= 0.3 is 12.1 Å². The Kier molecular flexibility index (Phi) is 5.43. The summed E-state index contributed by atoms with van der Waals surface area (Å²) in [4.78, 5) is 26.7. The number of ether oxygens (including phenoxy) is 1. The fourth-order valence-corrected chi connectivity index (χ4v) is 5.08. The number of carbonyl (C=O) groups excluding carboxylic acids is 2. The summed E-state index contributed by atoms with van der Waals surface area (Å²) in [5.41, 5.74) is 2.42. The quantitative estimate of drug-likeness (QED) is 0.743. The fraction of sp³-hybridized carbons (Fsp3) is 0.440. The molecule has 1 spiro atoms. The first-order valence-corrected chi connectivity index (χ1v) is 11.2. The van der Waals surface area contributed by atoms with E-state index in [1.165, 1.54) is 0 Å². The van der Waals surface area contributed by atoms with E-state index in [9.17, 15) is 22.8 Å². The minimum absolute atomic E-state index is 0.194. The lowest BCUT2D eigenvalue weighted by Crippen LogP contribution is -2.54. The van der Waals surface area contributed by atoms with Crippen molar-refractivity contribution in [3.63, 3.8) is 0 Å². The normalized spacial score (nSPS) is 25.5. The van der Waals surface area contributed by atoms with Gasteiger partial charge < -0.3 is 15.0 Å². The lowest BCUT2D eigenvalue weighted by atomic mass is 9.90. The van der Waals surface area contributed by atoms with Crippen molar-refractivity contribution in [2.45, 2.75) is 50.0 Å². The maximum Gasteiger partial charge on any atom is 0.471 e. The summed E-state index contributed by atoms with van der Waals surface area (Å²) in [5, 5.41) is 2.25. The number of nitrogens with zero attached hydrogens (tertiary/aromatic N) is 1. The van der Waals surface area contributed by atoms with Crippen molar-refractivity contribution in [3.8, 4) is 11.1 Å². The van der Waals surface area contributed by atoms with Crippen LogP contribution in [0.25, 0.3) is 11.1 Å². The summed E-state index contributed by atoms with van der Waals surface area (Å²) in [5.74, 6) is -2.14. The number of rotatable bonds is 5. The highest BCUT2D eigenvalue weighted by Gasteiger charge is 2.62. The van der Waals surface area contributed by atoms with Crippen molar-refractivity contribution in [1.82, 2.24) is 10.2 Å². The second-order valence-corrected chi connectivity index (χ2v) is 9.26. The van der Waals surface area contributed by atoms with E-state index in [0.29, 0.717) is 38.8 Å². The Bertz CT molecular complexity index is 1050. The van der Waals surface area contributed by atoms with Crippen LogP contribution in [-0.4, -0.2) is 54.2 Å². The van der Waals surface area contributed by atoms with Crippen molar-refractivity contribution < 1.29 is 27.5 Å². The molecule has 2 heterocycles. The first-order valence-electron chi connectivity index (χ1n) is 11.2. The molecule has 1 saturated carbocycles. The topological polar surface area (TPSA) is 58.6 Å². The number of carbonyl (C=O) groups is 2. The number of amides is 2. The van der Waals surface area contributed by atoms with Gasteiger partial charge in [0.2, 0.25) is 0 Å². The van der Waals surface area contributed by atoms with E-state index in [0.717, 1.165) is 16.7 Å². The first kappa shape index (κ1) is 21.9. The highest BCUT2D eigenvalue weighted by Crippen LogP contribution is 2.55. The standard InChI is InChI=1S/C25H25F3N2O3/c26-25(27,28)23(32)29-21-19(30(15-24(21)10-11-24)22(31)20-9-12-33-20)14-16-5-4-8-18(13-16)17-6-2-1-3-7-17/h1-8,13,19-21H,9-12,14-15H2,(H,29,32)/t19-,20+,21+/m0/s1. The number of likely N-dealkylation sites (tertiary alicyclic amines) is 1. The highest BCUT2D eigenvalue weighted by molar-refractivity contribution is 5.84. The van der Waals surface area contributed by atoms with Crippen LogP contribution in [0.5, 0.6) is 0 Å². The summed E-state index contributed by atoms with van der Waals surface area (Å²) >= 11 is 0. The van der Waals surface area contributed by atoms with Gasteiger partial charge in [-0.2, -0.15) is 13.2 Å². The predicted molar refractivity (Wildman–Crippen MR) is 115 cm³/mol. The third-order valence-corrected chi connectivity index (χ3v) is 7.10. The van der Waals surface area contributed by atoms with Crippen LogP contribution in [-0.2, 0) is 20.7 Å². The molecule has 3 aliphatic rings. The van der Waals surface area contributed by atoms with Gasteiger partial charge in [-0.15, -0.1) is 0 Å². The molecule has 1 aliphatic carbocycles. The summed E-state index contributed by atoms with van der Waals surface area (Å²) in [6, 6.07) is 16.3. The Hall–Kier alpha value is -2.87. The second kappa shape index (κ2) is 8.17. The molecule has 8 heteroatoms. The zero-order valence-electron chi connectivity index (χ0n) is 18.0. The van der Waals surface area contributed by atoms with Gasteiger partial charge in [0.05, 0.1) is 18.7 Å². The number of benzene rings is 2. The summed E-state index contributed by atoms with van der Waals surface area (Å²) < 4.78 is 44.7. The Labute approximate surface area is 189 Å². The van der Waals surface area contributed by atoms with E-state index in [4.69, 9.17) is 4.74 Å². The van der Waals surface area contributed by atoms with Crippen LogP contribution in [0.3, 0.4) is 0 Å². The summed E-state index contributed by atoms with van der Waals surface area (Å²) in [7, 11) is 0. The Morgan fingerprint density at radius 2 is 1.76 bits per heavy atom. The molecule has 3 fully saturated rings. The van der Waals surface area contributed by atoms with Crippen molar-refractivity contribution >= 4 is 11.8 Å². The van der Waals surface area contributed by atoms with Crippen LogP contribution in [0, 0.1) is 5.41 Å². The van der Waals surface area contributed by atoms with E-state index in [1.807, 2.05) is 54.6 Å². The van der Waals surface area contributed by atoms with E-state index in [-0.39, 0.29) is 5.91 Å². The van der Waals surface area contributed by atoms with Gasteiger partial charge in [0.1, 0.15) is 6.10 Å². The first-order chi connectivity index (χ1) is 15.8. The van der Waals surface area contributed by atoms with E-state index >= 15 is 0 Å². The van der Waals surface area contributed by atoms with Gasteiger partial charge in [-0.05, 0) is 36.0 Å². The molecule has 2 aromatic rings. The SMILES string of the molecule is O=C([C@H]1CCO1)N1CC2(CC2)[C@H](NC(=O)C(F)(F)F)[C@@H]1Cc1cccc(-c2ccccc2)c1. The maximum atomic E-state index is 13.1. The Morgan fingerprint density at radius 1 is 1.06 bits per heavy atom.